The molecule has 0 aliphatic carbocycles. The summed E-state index contributed by atoms with van der Waals surface area (Å²) in [5.41, 5.74) is 2.10. The van der Waals surface area contributed by atoms with Gasteiger partial charge < -0.3 is 19.1 Å². The minimum atomic E-state index is 0.0512. The van der Waals surface area contributed by atoms with Crippen molar-refractivity contribution in [2.24, 2.45) is 0 Å². The Bertz CT molecular complexity index is 537. The third-order valence-electron chi connectivity index (χ3n) is 4.61. The van der Waals surface area contributed by atoms with Crippen LogP contribution in [0.4, 0.5) is 4.79 Å². The van der Waals surface area contributed by atoms with Crippen LogP contribution in [0.3, 0.4) is 0 Å². The Kier molecular flexibility index (Phi) is 4.10. The number of ether oxygens (including phenoxy) is 1. The van der Waals surface area contributed by atoms with Crippen molar-refractivity contribution in [2.45, 2.75) is 32.5 Å². The van der Waals surface area contributed by atoms with Crippen LogP contribution in [0.15, 0.2) is 4.52 Å². The summed E-state index contributed by atoms with van der Waals surface area (Å²) in [5, 5.41) is 4.03. The smallest absolute Gasteiger partial charge is 0.319 e. The summed E-state index contributed by atoms with van der Waals surface area (Å²) in [4.78, 5) is 18.1. The molecular weight excluding hydrogens is 284 g/mol. The predicted molar refractivity (Wildman–Crippen MR) is 80.6 cm³/mol. The van der Waals surface area contributed by atoms with Crippen LogP contribution in [0.1, 0.15) is 17.0 Å². The minimum Gasteiger partial charge on any atom is -0.373 e. The molecule has 0 saturated carbocycles. The molecule has 0 radical (unpaired) electrons. The van der Waals surface area contributed by atoms with Gasteiger partial charge in [0, 0.05) is 39.3 Å². The second kappa shape index (κ2) is 5.89. The first-order valence-corrected chi connectivity index (χ1v) is 7.71. The molecule has 2 aliphatic rings. The number of hydrogen-bond donors (Lipinski definition) is 0. The number of amides is 2. The molecule has 2 fully saturated rings. The third kappa shape index (κ3) is 2.70. The number of nitrogens with zero attached hydrogens (tertiary/aromatic N) is 4. The van der Waals surface area contributed by atoms with Crippen molar-refractivity contribution in [1.29, 1.82) is 0 Å². The van der Waals surface area contributed by atoms with Gasteiger partial charge in [-0.05, 0) is 13.8 Å². The molecule has 7 heteroatoms. The lowest BCUT2D eigenvalue weighted by atomic mass is 10.1. The maximum absolute atomic E-state index is 12.2. The summed E-state index contributed by atoms with van der Waals surface area (Å²) in [6, 6.07) is 0.293. The molecule has 0 N–H and O–H groups in total. The second-order valence-corrected chi connectivity index (χ2v) is 6.33. The number of carbonyl (C=O) groups excluding carboxylic acids is 1. The van der Waals surface area contributed by atoms with E-state index < -0.39 is 0 Å². The lowest BCUT2D eigenvalue weighted by Crippen LogP contribution is -2.50. The van der Waals surface area contributed by atoms with Gasteiger partial charge in [-0.1, -0.05) is 5.16 Å². The van der Waals surface area contributed by atoms with Crippen LogP contribution in [0.5, 0.6) is 0 Å². The molecule has 3 heterocycles. The highest BCUT2D eigenvalue weighted by Crippen LogP contribution is 2.26. The van der Waals surface area contributed by atoms with Crippen LogP contribution in [-0.4, -0.2) is 78.4 Å². The normalized spacial score (nSPS) is 25.4. The van der Waals surface area contributed by atoms with E-state index in [1.54, 1.807) is 19.0 Å². The number of carbonyl (C=O) groups is 1. The summed E-state index contributed by atoms with van der Waals surface area (Å²) < 4.78 is 11.1. The van der Waals surface area contributed by atoms with Crippen LogP contribution in [-0.2, 0) is 11.3 Å². The number of rotatable bonds is 2. The summed E-state index contributed by atoms with van der Waals surface area (Å²) in [5.74, 6) is 0.875. The zero-order valence-corrected chi connectivity index (χ0v) is 13.7. The van der Waals surface area contributed by atoms with Gasteiger partial charge in [0.05, 0.1) is 31.0 Å². The second-order valence-electron chi connectivity index (χ2n) is 6.33. The molecule has 22 heavy (non-hydrogen) atoms. The summed E-state index contributed by atoms with van der Waals surface area (Å²) in [6.45, 7) is 7.67. The largest absolute Gasteiger partial charge is 0.373 e. The van der Waals surface area contributed by atoms with E-state index in [0.29, 0.717) is 19.7 Å². The van der Waals surface area contributed by atoms with Gasteiger partial charge in [0.2, 0.25) is 0 Å². The van der Waals surface area contributed by atoms with Crippen molar-refractivity contribution in [1.82, 2.24) is 19.9 Å². The Morgan fingerprint density at radius 2 is 2.14 bits per heavy atom. The van der Waals surface area contributed by atoms with E-state index in [1.807, 2.05) is 18.7 Å². The van der Waals surface area contributed by atoms with Gasteiger partial charge in [-0.15, -0.1) is 0 Å². The van der Waals surface area contributed by atoms with E-state index in [4.69, 9.17) is 9.26 Å². The minimum absolute atomic E-state index is 0.0512. The Balaban J connectivity index is 1.73. The van der Waals surface area contributed by atoms with Crippen molar-refractivity contribution in [3.05, 3.63) is 17.0 Å². The fourth-order valence-corrected chi connectivity index (χ4v) is 3.32. The Morgan fingerprint density at radius 3 is 2.77 bits per heavy atom. The Morgan fingerprint density at radius 1 is 1.36 bits per heavy atom. The van der Waals surface area contributed by atoms with Crippen molar-refractivity contribution >= 4 is 6.03 Å². The summed E-state index contributed by atoms with van der Waals surface area (Å²) in [6.07, 6.45) is 0.0955. The number of aryl methyl sites for hydroxylation is 2. The van der Waals surface area contributed by atoms with Gasteiger partial charge in [-0.25, -0.2) is 4.79 Å². The maximum atomic E-state index is 12.2. The lowest BCUT2D eigenvalue weighted by molar-refractivity contribution is -0.0505. The molecule has 2 aliphatic heterocycles. The predicted octanol–water partition coefficient (Wildman–Crippen LogP) is 0.858. The van der Waals surface area contributed by atoms with E-state index in [1.165, 1.54) is 0 Å². The van der Waals surface area contributed by atoms with Crippen LogP contribution < -0.4 is 0 Å². The fourth-order valence-electron chi connectivity index (χ4n) is 3.32. The number of urea groups is 1. The van der Waals surface area contributed by atoms with Gasteiger partial charge >= 0.3 is 6.03 Å². The molecular formula is C15H24N4O3. The molecule has 2 saturated heterocycles. The highest BCUT2D eigenvalue weighted by Gasteiger charge is 2.42. The number of likely N-dealkylation sites (tertiary alicyclic amines) is 1. The van der Waals surface area contributed by atoms with Gasteiger partial charge in [-0.3, -0.25) is 4.90 Å². The molecule has 7 nitrogen and oxygen atoms in total. The highest BCUT2D eigenvalue weighted by atomic mass is 16.5. The highest BCUT2D eigenvalue weighted by molar-refractivity contribution is 5.74. The number of morpholine rings is 1. The Labute approximate surface area is 130 Å². The Hall–Kier alpha value is -1.60. The molecule has 122 valence electrons. The monoisotopic (exact) mass is 308 g/mol. The first-order valence-electron chi connectivity index (χ1n) is 7.71. The van der Waals surface area contributed by atoms with Crippen molar-refractivity contribution < 1.29 is 14.1 Å². The number of hydrogen-bond acceptors (Lipinski definition) is 5. The van der Waals surface area contributed by atoms with E-state index in [0.717, 1.165) is 30.1 Å². The van der Waals surface area contributed by atoms with Crippen molar-refractivity contribution in [3.63, 3.8) is 0 Å². The fraction of sp³-hybridized carbons (Fsp3) is 0.733. The van der Waals surface area contributed by atoms with E-state index in [-0.39, 0.29) is 18.2 Å². The average Bonchev–Trinajstić information content (AvgIpc) is 3.05. The van der Waals surface area contributed by atoms with Crippen LogP contribution >= 0.6 is 0 Å². The molecule has 3 rings (SSSR count). The van der Waals surface area contributed by atoms with Gasteiger partial charge in [0.1, 0.15) is 5.76 Å². The molecule has 0 unspecified atom stereocenters. The van der Waals surface area contributed by atoms with Crippen molar-refractivity contribution in [2.75, 3.05) is 40.3 Å². The SMILES string of the molecule is Cc1noc(C)c1CN1CCO[C@H]2CN(C(=O)N(C)C)C[C@H]21. The van der Waals surface area contributed by atoms with Gasteiger partial charge in [0.15, 0.2) is 0 Å². The topological polar surface area (TPSA) is 62.1 Å². The first kappa shape index (κ1) is 15.3. The van der Waals surface area contributed by atoms with E-state index >= 15 is 0 Å². The van der Waals surface area contributed by atoms with Crippen LogP contribution in [0.25, 0.3) is 0 Å². The molecule has 2 atom stereocenters. The zero-order valence-electron chi connectivity index (χ0n) is 13.7. The zero-order chi connectivity index (χ0) is 15.9. The van der Waals surface area contributed by atoms with Crippen molar-refractivity contribution in [3.8, 4) is 0 Å². The molecule has 1 aromatic heterocycles. The van der Waals surface area contributed by atoms with Gasteiger partial charge in [-0.2, -0.15) is 0 Å². The summed E-state index contributed by atoms with van der Waals surface area (Å²) >= 11 is 0. The van der Waals surface area contributed by atoms with Crippen LogP contribution in [0.2, 0.25) is 0 Å². The third-order valence-corrected chi connectivity index (χ3v) is 4.61. The number of aromatic nitrogens is 1. The van der Waals surface area contributed by atoms with Crippen LogP contribution in [0, 0.1) is 13.8 Å². The van der Waals surface area contributed by atoms with Gasteiger partial charge in [0.25, 0.3) is 0 Å². The lowest BCUT2D eigenvalue weighted by Gasteiger charge is -2.36. The van der Waals surface area contributed by atoms with E-state index in [9.17, 15) is 4.79 Å². The summed E-state index contributed by atoms with van der Waals surface area (Å²) in [7, 11) is 3.57. The van der Waals surface area contributed by atoms with E-state index in [2.05, 4.69) is 10.1 Å². The average molecular weight is 308 g/mol. The first-order chi connectivity index (χ1) is 10.5. The maximum Gasteiger partial charge on any atom is 0.319 e. The molecule has 2 amide bonds. The molecule has 1 aromatic rings. The quantitative estimate of drug-likeness (QED) is 0.811. The molecule has 0 aromatic carbocycles. The molecule has 0 spiro atoms. The standard InChI is InChI=1S/C15H24N4O3/c1-10-12(11(2)22-16-10)7-18-5-6-21-14-9-19(8-13(14)18)15(20)17(3)4/h13-14H,5-9H2,1-4H3/t13-,14+/m1/s1. The molecule has 0 bridgehead atoms. The number of fused-ring (bicyclic) bond motifs is 1.